The summed E-state index contributed by atoms with van der Waals surface area (Å²) in [7, 11) is 0. The van der Waals surface area contributed by atoms with Crippen LogP contribution in [0.2, 0.25) is 0 Å². The van der Waals surface area contributed by atoms with Crippen LogP contribution in [0.3, 0.4) is 0 Å². The van der Waals surface area contributed by atoms with Gasteiger partial charge in [-0.15, -0.1) is 0 Å². The zero-order chi connectivity index (χ0) is 24.1. The molecule has 6 heteroatoms. The molecule has 0 unspecified atom stereocenters. The summed E-state index contributed by atoms with van der Waals surface area (Å²) in [5.74, 6) is 0.504. The van der Waals surface area contributed by atoms with Gasteiger partial charge in [-0.25, -0.2) is 0 Å². The molecule has 0 aliphatic carbocycles. The van der Waals surface area contributed by atoms with Crippen molar-refractivity contribution in [2.45, 2.75) is 6.92 Å². The van der Waals surface area contributed by atoms with Crippen LogP contribution in [0.1, 0.15) is 11.3 Å². The Kier molecular flexibility index (Phi) is 6.45. The second kappa shape index (κ2) is 9.98. The molecule has 0 aliphatic rings. The summed E-state index contributed by atoms with van der Waals surface area (Å²) in [6.07, 6.45) is 0. The molecule has 1 heterocycles. The molecule has 35 heavy (non-hydrogen) atoms. The van der Waals surface area contributed by atoms with Gasteiger partial charge in [0.25, 0.3) is 0 Å². The number of hydrogen-bond donors (Lipinski definition) is 0. The van der Waals surface area contributed by atoms with Crippen LogP contribution in [-0.4, -0.2) is 27.7 Å². The summed E-state index contributed by atoms with van der Waals surface area (Å²) in [5, 5.41) is 8.96. The Hall–Kier alpha value is -4.17. The van der Waals surface area contributed by atoms with Crippen LogP contribution in [0.4, 0.5) is 5.82 Å². The van der Waals surface area contributed by atoms with Crippen LogP contribution in [0.25, 0.3) is 16.1 Å². The van der Waals surface area contributed by atoms with Gasteiger partial charge in [-0.1, -0.05) is 0 Å². The number of aromatic nitrogens is 2. The second-order valence-corrected chi connectivity index (χ2v) is 14.9. The number of benzene rings is 4. The molecule has 0 fully saturated rings. The van der Waals surface area contributed by atoms with Gasteiger partial charge in [0.05, 0.1) is 0 Å². The van der Waals surface area contributed by atoms with Crippen molar-refractivity contribution >= 4 is 36.8 Å². The molecule has 1 aromatic heterocycles. The van der Waals surface area contributed by atoms with Gasteiger partial charge in [0.15, 0.2) is 0 Å². The van der Waals surface area contributed by atoms with Gasteiger partial charge in [-0.3, -0.25) is 0 Å². The molecule has 0 amide bonds. The number of azide groups is 1. The van der Waals surface area contributed by atoms with Gasteiger partial charge >= 0.3 is 207 Å². The van der Waals surface area contributed by atoms with E-state index in [0.717, 1.165) is 16.9 Å². The first-order valence-electron chi connectivity index (χ1n) is 11.4. The minimum absolute atomic E-state index is 0.504. The van der Waals surface area contributed by atoms with E-state index < -0.39 is 13.1 Å². The van der Waals surface area contributed by atoms with E-state index in [1.54, 1.807) is 4.68 Å². The predicted molar refractivity (Wildman–Crippen MR) is 146 cm³/mol. The van der Waals surface area contributed by atoms with E-state index in [1.165, 1.54) is 13.1 Å². The van der Waals surface area contributed by atoms with Gasteiger partial charge in [-0.05, 0) is 0 Å². The van der Waals surface area contributed by atoms with Crippen LogP contribution in [0, 0.1) is 6.92 Å². The Bertz CT molecular complexity index is 1430. The van der Waals surface area contributed by atoms with E-state index in [9.17, 15) is 5.53 Å². The number of nitrogens with zero attached hydrogens (tertiary/aromatic N) is 5. The van der Waals surface area contributed by atoms with Gasteiger partial charge < -0.3 is 0 Å². The summed E-state index contributed by atoms with van der Waals surface area (Å²) in [6, 6.07) is 41.8. The SMILES string of the molecule is Cc1nn(-c2ccccc2)c(N=[N+]=[N-])c1C=[As](c1ccccc1)(c1ccccc1)c1ccccc1. The van der Waals surface area contributed by atoms with Crippen molar-refractivity contribution in [3.05, 3.63) is 143 Å². The van der Waals surface area contributed by atoms with Crippen molar-refractivity contribution in [3.63, 3.8) is 0 Å². The van der Waals surface area contributed by atoms with Crippen LogP contribution in [0.5, 0.6) is 0 Å². The topological polar surface area (TPSA) is 66.6 Å². The third-order valence-corrected chi connectivity index (χ3v) is 14.4. The maximum absolute atomic E-state index is 9.49. The molecular weight excluding hydrogens is 493 g/mol. The van der Waals surface area contributed by atoms with E-state index in [4.69, 9.17) is 5.10 Å². The summed E-state index contributed by atoms with van der Waals surface area (Å²) in [6.45, 7) is 1.98. The third kappa shape index (κ3) is 4.24. The van der Waals surface area contributed by atoms with Gasteiger partial charge in [-0.2, -0.15) is 0 Å². The van der Waals surface area contributed by atoms with Crippen molar-refractivity contribution in [2.24, 2.45) is 5.11 Å². The van der Waals surface area contributed by atoms with Crippen molar-refractivity contribution in [1.82, 2.24) is 9.78 Å². The quantitative estimate of drug-likeness (QED) is 0.135. The Balaban J connectivity index is 1.93. The van der Waals surface area contributed by atoms with Gasteiger partial charge in [0, 0.05) is 0 Å². The monoisotopic (exact) mass is 517 g/mol. The van der Waals surface area contributed by atoms with Crippen molar-refractivity contribution in [1.29, 1.82) is 0 Å². The molecule has 0 saturated heterocycles. The molecule has 5 aromatic rings. The number of rotatable bonds is 6. The first-order valence-corrected chi connectivity index (χ1v) is 15.3. The predicted octanol–water partition coefficient (Wildman–Crippen LogP) is 5.02. The fraction of sp³-hybridized carbons (Fsp3) is 0.0345. The average molecular weight is 517 g/mol. The molecule has 0 spiro atoms. The number of para-hydroxylation sites is 1. The minimum atomic E-state index is -3.20. The van der Waals surface area contributed by atoms with Gasteiger partial charge in [0.2, 0.25) is 0 Å². The van der Waals surface area contributed by atoms with Crippen molar-refractivity contribution in [2.75, 3.05) is 0 Å². The summed E-state index contributed by atoms with van der Waals surface area (Å²) < 4.78 is 5.58. The van der Waals surface area contributed by atoms with E-state index >= 15 is 0 Å². The fourth-order valence-corrected chi connectivity index (χ4v) is 12.7. The second-order valence-electron chi connectivity index (χ2n) is 8.12. The van der Waals surface area contributed by atoms with Gasteiger partial charge in [0.1, 0.15) is 0 Å². The fourth-order valence-electron chi connectivity index (χ4n) is 4.42. The van der Waals surface area contributed by atoms with Crippen LogP contribution >= 0.6 is 0 Å². The molecule has 170 valence electrons. The molecule has 0 atom stereocenters. The molecule has 0 aliphatic heterocycles. The molecule has 5 rings (SSSR count). The van der Waals surface area contributed by atoms with Crippen LogP contribution in [-0.2, 0) is 0 Å². The number of hydrogen-bond acceptors (Lipinski definition) is 2. The molecule has 0 bridgehead atoms. The summed E-state index contributed by atoms with van der Waals surface area (Å²) in [4.78, 5) is 5.54. The Morgan fingerprint density at radius 1 is 0.714 bits per heavy atom. The first kappa shape index (κ1) is 22.6. The van der Waals surface area contributed by atoms with Crippen LogP contribution in [0.15, 0.2) is 126 Å². The molecule has 0 saturated carbocycles. The molecular formula is C29H24AsN5. The van der Waals surface area contributed by atoms with E-state index in [1.807, 2.05) is 55.5 Å². The Morgan fingerprint density at radius 2 is 1.14 bits per heavy atom. The first-order chi connectivity index (χ1) is 17.2. The van der Waals surface area contributed by atoms with E-state index in [2.05, 4.69) is 87.6 Å². The average Bonchev–Trinajstić information content (AvgIpc) is 3.24. The Labute approximate surface area is 206 Å². The molecule has 0 radical (unpaired) electrons. The zero-order valence-corrected chi connectivity index (χ0v) is 21.2. The normalized spacial score (nSPS) is 11.0. The van der Waals surface area contributed by atoms with E-state index in [-0.39, 0.29) is 0 Å². The summed E-state index contributed by atoms with van der Waals surface area (Å²) >= 11 is -3.20. The molecule has 4 aromatic carbocycles. The maximum atomic E-state index is 9.49. The summed E-state index contributed by atoms with van der Waals surface area (Å²) in [5.41, 5.74) is 12.0. The van der Waals surface area contributed by atoms with E-state index in [0.29, 0.717) is 5.82 Å². The molecule has 5 nitrogen and oxygen atoms in total. The molecule has 0 N–H and O–H groups in total. The standard InChI is InChI=1S/C29H24AsN5/c1-23-28(29(32-34-31)35(33-23)27-20-12-5-13-21-27)22-30(24-14-6-2-7-15-24,25-16-8-3-9-17-25)26-18-10-4-11-19-26/h2-22H,1H3. The van der Waals surface area contributed by atoms with Crippen molar-refractivity contribution in [3.8, 4) is 5.69 Å². The third-order valence-electron chi connectivity index (χ3n) is 6.03. The zero-order valence-electron chi connectivity index (χ0n) is 19.3. The van der Waals surface area contributed by atoms with Crippen molar-refractivity contribution < 1.29 is 0 Å². The Morgan fingerprint density at radius 3 is 1.57 bits per heavy atom. The van der Waals surface area contributed by atoms with Crippen LogP contribution < -0.4 is 13.1 Å². The number of aryl methyl sites for hydroxylation is 1.